The molecule has 1 amide bonds. The number of anilines is 1. The molecule has 2 rings (SSSR count). The van der Waals surface area contributed by atoms with Crippen molar-refractivity contribution in [3.8, 4) is 0 Å². The molecule has 29 heavy (non-hydrogen) atoms. The first-order valence-electron chi connectivity index (χ1n) is 11.3. The summed E-state index contributed by atoms with van der Waals surface area (Å²) in [7, 11) is 0. The Morgan fingerprint density at radius 1 is 0.828 bits per heavy atom. The summed E-state index contributed by atoms with van der Waals surface area (Å²) in [6.45, 7) is 3.68. The van der Waals surface area contributed by atoms with Gasteiger partial charge in [-0.2, -0.15) is 0 Å². The second-order valence-electron chi connectivity index (χ2n) is 7.69. The second-order valence-corrected chi connectivity index (χ2v) is 7.69. The summed E-state index contributed by atoms with van der Waals surface area (Å²) < 4.78 is 0. The summed E-state index contributed by atoms with van der Waals surface area (Å²) in [6, 6.07) is 11.6. The molecule has 0 aliphatic carbocycles. The highest BCUT2D eigenvalue weighted by Crippen LogP contribution is 2.16. The average Bonchev–Trinajstić information content (AvgIpc) is 2.77. The van der Waals surface area contributed by atoms with Gasteiger partial charge in [0.1, 0.15) is 0 Å². The van der Waals surface area contributed by atoms with Crippen LogP contribution in [0.15, 0.2) is 48.8 Å². The maximum Gasteiger partial charge on any atom is 0.253 e. The van der Waals surface area contributed by atoms with Crippen molar-refractivity contribution in [1.82, 2.24) is 10.3 Å². The lowest BCUT2D eigenvalue weighted by Crippen LogP contribution is -2.25. The first-order valence-corrected chi connectivity index (χ1v) is 11.3. The quantitative estimate of drug-likeness (QED) is 0.346. The number of para-hydroxylation sites is 1. The van der Waals surface area contributed by atoms with E-state index in [0.29, 0.717) is 12.1 Å². The van der Waals surface area contributed by atoms with E-state index in [0.717, 1.165) is 24.2 Å². The molecule has 2 aromatic rings. The van der Waals surface area contributed by atoms with Gasteiger partial charge in [0.05, 0.1) is 5.56 Å². The third-order valence-corrected chi connectivity index (χ3v) is 5.22. The van der Waals surface area contributed by atoms with Crippen molar-refractivity contribution in [2.75, 3.05) is 11.9 Å². The molecule has 4 heteroatoms. The summed E-state index contributed by atoms with van der Waals surface area (Å²) in [5.74, 6) is -0.00116. The van der Waals surface area contributed by atoms with Gasteiger partial charge in [0, 0.05) is 31.2 Å². The first kappa shape index (κ1) is 22.9. The highest BCUT2D eigenvalue weighted by molar-refractivity contribution is 5.99. The first-order chi connectivity index (χ1) is 14.3. The molecule has 0 unspecified atom stereocenters. The minimum atomic E-state index is -0.00116. The fourth-order valence-corrected chi connectivity index (χ4v) is 3.44. The largest absolute Gasteiger partial charge is 0.380 e. The van der Waals surface area contributed by atoms with E-state index in [1.807, 2.05) is 36.4 Å². The Bertz CT molecular complexity index is 687. The zero-order valence-electron chi connectivity index (χ0n) is 18.0. The number of carbonyl (C=O) groups is 1. The highest BCUT2D eigenvalue weighted by Gasteiger charge is 2.10. The Balaban J connectivity index is 1.61. The van der Waals surface area contributed by atoms with Gasteiger partial charge >= 0.3 is 0 Å². The number of amides is 1. The van der Waals surface area contributed by atoms with Crippen LogP contribution in [0.1, 0.15) is 87.1 Å². The van der Waals surface area contributed by atoms with Crippen LogP contribution in [-0.2, 0) is 6.54 Å². The van der Waals surface area contributed by atoms with Gasteiger partial charge in [-0.15, -0.1) is 0 Å². The molecule has 0 saturated carbocycles. The van der Waals surface area contributed by atoms with Crippen molar-refractivity contribution in [3.05, 3.63) is 59.9 Å². The molecule has 0 spiro atoms. The molecular formula is C25H37N3O. The van der Waals surface area contributed by atoms with Gasteiger partial charge in [0.25, 0.3) is 5.91 Å². The number of hydrogen-bond acceptors (Lipinski definition) is 3. The van der Waals surface area contributed by atoms with Gasteiger partial charge in [-0.3, -0.25) is 9.78 Å². The molecule has 0 aliphatic heterocycles. The van der Waals surface area contributed by atoms with E-state index >= 15 is 0 Å². The van der Waals surface area contributed by atoms with Crippen LogP contribution in [0.25, 0.3) is 0 Å². The van der Waals surface area contributed by atoms with Crippen LogP contribution < -0.4 is 10.6 Å². The molecule has 0 radical (unpaired) electrons. The Morgan fingerprint density at radius 2 is 1.45 bits per heavy atom. The van der Waals surface area contributed by atoms with Crippen molar-refractivity contribution in [2.24, 2.45) is 0 Å². The minimum absolute atomic E-state index is 0.00116. The summed E-state index contributed by atoms with van der Waals surface area (Å²) in [4.78, 5) is 16.6. The van der Waals surface area contributed by atoms with Gasteiger partial charge in [-0.25, -0.2) is 0 Å². The Labute approximate surface area is 176 Å². The number of pyridine rings is 1. The molecule has 4 nitrogen and oxygen atoms in total. The van der Waals surface area contributed by atoms with Crippen molar-refractivity contribution >= 4 is 11.6 Å². The smallest absolute Gasteiger partial charge is 0.253 e. The molecular weight excluding hydrogens is 358 g/mol. The van der Waals surface area contributed by atoms with Gasteiger partial charge in [0.15, 0.2) is 0 Å². The zero-order chi connectivity index (χ0) is 20.6. The van der Waals surface area contributed by atoms with Crippen LogP contribution >= 0.6 is 0 Å². The fraction of sp³-hybridized carbons (Fsp3) is 0.520. The van der Waals surface area contributed by atoms with E-state index < -0.39 is 0 Å². The summed E-state index contributed by atoms with van der Waals surface area (Å²) in [5.41, 5.74) is 2.71. The van der Waals surface area contributed by atoms with E-state index in [-0.39, 0.29) is 5.91 Å². The molecule has 0 bridgehead atoms. The second kappa shape index (κ2) is 14.6. The lowest BCUT2D eigenvalue weighted by molar-refractivity contribution is 0.0953. The Hall–Kier alpha value is -2.36. The van der Waals surface area contributed by atoms with Crippen molar-refractivity contribution < 1.29 is 4.79 Å². The topological polar surface area (TPSA) is 54.0 Å². The predicted molar refractivity (Wildman–Crippen MR) is 122 cm³/mol. The number of aromatic nitrogens is 1. The number of nitrogens with zero attached hydrogens (tertiary/aromatic N) is 1. The summed E-state index contributed by atoms with van der Waals surface area (Å²) in [5, 5.41) is 6.44. The van der Waals surface area contributed by atoms with Crippen LogP contribution in [-0.4, -0.2) is 17.4 Å². The SMILES string of the molecule is CCCCCCCCCCCCNC(=O)c1ccccc1NCc1ccncc1. The number of benzene rings is 1. The van der Waals surface area contributed by atoms with E-state index in [9.17, 15) is 4.79 Å². The van der Waals surface area contributed by atoms with Crippen LogP contribution in [0.4, 0.5) is 5.69 Å². The van der Waals surface area contributed by atoms with Crippen LogP contribution in [0.5, 0.6) is 0 Å². The molecule has 2 N–H and O–H groups in total. The van der Waals surface area contributed by atoms with Crippen LogP contribution in [0.3, 0.4) is 0 Å². The number of nitrogens with one attached hydrogen (secondary N) is 2. The molecule has 158 valence electrons. The fourth-order valence-electron chi connectivity index (χ4n) is 3.44. The molecule has 0 saturated heterocycles. The van der Waals surface area contributed by atoms with Gasteiger partial charge in [-0.1, -0.05) is 76.8 Å². The zero-order valence-corrected chi connectivity index (χ0v) is 18.0. The van der Waals surface area contributed by atoms with Crippen molar-refractivity contribution in [3.63, 3.8) is 0 Å². The molecule has 0 fully saturated rings. The standard InChI is InChI=1S/C25H37N3O/c1-2-3-4-5-6-7-8-9-10-13-18-27-25(29)23-14-11-12-15-24(23)28-21-22-16-19-26-20-17-22/h11-12,14-17,19-20,28H,2-10,13,18,21H2,1H3,(H,27,29). The summed E-state index contributed by atoms with van der Waals surface area (Å²) >= 11 is 0. The number of unbranched alkanes of at least 4 members (excludes halogenated alkanes) is 9. The van der Waals surface area contributed by atoms with Crippen molar-refractivity contribution in [1.29, 1.82) is 0 Å². The Morgan fingerprint density at radius 3 is 2.14 bits per heavy atom. The average molecular weight is 396 g/mol. The Kier molecular flexibility index (Phi) is 11.6. The van der Waals surface area contributed by atoms with Gasteiger partial charge in [0.2, 0.25) is 0 Å². The number of carbonyl (C=O) groups excluding carboxylic acids is 1. The van der Waals surface area contributed by atoms with E-state index in [4.69, 9.17) is 0 Å². The van der Waals surface area contributed by atoms with Crippen molar-refractivity contribution in [2.45, 2.75) is 77.7 Å². The third-order valence-electron chi connectivity index (χ3n) is 5.22. The number of rotatable bonds is 15. The lowest BCUT2D eigenvalue weighted by atomic mass is 10.1. The van der Waals surface area contributed by atoms with E-state index in [2.05, 4.69) is 22.5 Å². The maximum absolute atomic E-state index is 12.6. The van der Waals surface area contributed by atoms with Crippen LogP contribution in [0.2, 0.25) is 0 Å². The molecule has 1 heterocycles. The summed E-state index contributed by atoms with van der Waals surface area (Å²) in [6.07, 6.45) is 16.6. The van der Waals surface area contributed by atoms with Gasteiger partial charge in [-0.05, 0) is 36.2 Å². The highest BCUT2D eigenvalue weighted by atomic mass is 16.1. The van der Waals surface area contributed by atoms with E-state index in [1.54, 1.807) is 12.4 Å². The molecule has 0 atom stereocenters. The maximum atomic E-state index is 12.6. The normalized spacial score (nSPS) is 10.7. The minimum Gasteiger partial charge on any atom is -0.380 e. The lowest BCUT2D eigenvalue weighted by Gasteiger charge is -2.12. The molecule has 1 aromatic carbocycles. The molecule has 0 aliphatic rings. The third kappa shape index (κ3) is 9.60. The number of hydrogen-bond donors (Lipinski definition) is 2. The van der Waals surface area contributed by atoms with Gasteiger partial charge < -0.3 is 10.6 Å². The monoisotopic (exact) mass is 395 g/mol. The van der Waals surface area contributed by atoms with E-state index in [1.165, 1.54) is 57.8 Å². The predicted octanol–water partition coefficient (Wildman–Crippen LogP) is 6.34. The van der Waals surface area contributed by atoms with Crippen LogP contribution in [0, 0.1) is 0 Å². The molecule has 1 aromatic heterocycles.